The molecule has 102 valence electrons. The van der Waals surface area contributed by atoms with Crippen LogP contribution < -0.4 is 5.32 Å². The van der Waals surface area contributed by atoms with Crippen molar-refractivity contribution in [2.24, 2.45) is 0 Å². The Bertz CT molecular complexity index is 678. The standard InChI is InChI=1S/C13H17N3O2S/c17-19(18)7-3-4-12(10-19)14-8-11-9-15-16-6-2-1-5-13(11)16/h1-2,5-6,9,12,14H,3-4,7-8,10H2. The molecule has 3 heterocycles. The van der Waals surface area contributed by atoms with Gasteiger partial charge in [0.1, 0.15) is 0 Å². The van der Waals surface area contributed by atoms with E-state index in [0.29, 0.717) is 12.3 Å². The van der Waals surface area contributed by atoms with Gasteiger partial charge in [-0.05, 0) is 25.0 Å². The molecule has 1 N–H and O–H groups in total. The van der Waals surface area contributed by atoms with Gasteiger partial charge in [-0.15, -0.1) is 0 Å². The summed E-state index contributed by atoms with van der Waals surface area (Å²) in [6.45, 7) is 0.660. The summed E-state index contributed by atoms with van der Waals surface area (Å²) >= 11 is 0. The van der Waals surface area contributed by atoms with Crippen LogP contribution in [0.3, 0.4) is 0 Å². The van der Waals surface area contributed by atoms with Gasteiger partial charge in [0, 0.05) is 24.3 Å². The minimum Gasteiger partial charge on any atom is -0.309 e. The molecule has 0 bridgehead atoms. The van der Waals surface area contributed by atoms with Crippen LogP contribution in [0.25, 0.3) is 5.52 Å². The molecule has 1 aliphatic rings. The van der Waals surface area contributed by atoms with Crippen molar-refractivity contribution in [3.63, 3.8) is 0 Å². The molecule has 6 heteroatoms. The zero-order chi connectivity index (χ0) is 13.3. The largest absolute Gasteiger partial charge is 0.309 e. The van der Waals surface area contributed by atoms with Crippen LogP contribution in [0.5, 0.6) is 0 Å². The maximum Gasteiger partial charge on any atom is 0.151 e. The van der Waals surface area contributed by atoms with Crippen LogP contribution >= 0.6 is 0 Å². The van der Waals surface area contributed by atoms with Crippen LogP contribution in [-0.2, 0) is 16.4 Å². The Morgan fingerprint density at radius 2 is 2.32 bits per heavy atom. The van der Waals surface area contributed by atoms with Crippen LogP contribution in [-0.4, -0.2) is 35.6 Å². The first kappa shape index (κ1) is 12.6. The molecule has 0 saturated carbocycles. The predicted molar refractivity (Wildman–Crippen MR) is 73.7 cm³/mol. The Morgan fingerprint density at radius 3 is 3.16 bits per heavy atom. The van der Waals surface area contributed by atoms with Crippen molar-refractivity contribution in [1.82, 2.24) is 14.9 Å². The van der Waals surface area contributed by atoms with Gasteiger partial charge in [-0.25, -0.2) is 12.9 Å². The van der Waals surface area contributed by atoms with Gasteiger partial charge in [-0.2, -0.15) is 5.10 Å². The summed E-state index contributed by atoms with van der Waals surface area (Å²) in [5, 5.41) is 7.61. The van der Waals surface area contributed by atoms with Crippen LogP contribution in [0.15, 0.2) is 30.6 Å². The molecule has 1 unspecified atom stereocenters. The van der Waals surface area contributed by atoms with Crippen LogP contribution in [0, 0.1) is 0 Å². The van der Waals surface area contributed by atoms with E-state index in [4.69, 9.17) is 0 Å². The first-order chi connectivity index (χ1) is 9.14. The maximum absolute atomic E-state index is 11.6. The Kier molecular flexibility index (Phi) is 3.28. The second kappa shape index (κ2) is 4.94. The third-order valence-corrected chi connectivity index (χ3v) is 5.37. The Balaban J connectivity index is 1.69. The smallest absolute Gasteiger partial charge is 0.151 e. The fraction of sp³-hybridized carbons (Fsp3) is 0.462. The summed E-state index contributed by atoms with van der Waals surface area (Å²) in [7, 11) is -2.85. The lowest BCUT2D eigenvalue weighted by molar-refractivity contribution is 0.481. The molecule has 0 amide bonds. The van der Waals surface area contributed by atoms with Gasteiger partial charge in [-0.3, -0.25) is 0 Å². The normalized spacial score (nSPS) is 22.6. The lowest BCUT2D eigenvalue weighted by Gasteiger charge is -2.22. The lowest BCUT2D eigenvalue weighted by Crippen LogP contribution is -2.39. The zero-order valence-electron chi connectivity index (χ0n) is 10.6. The van der Waals surface area contributed by atoms with Crippen LogP contribution in [0.4, 0.5) is 0 Å². The van der Waals surface area contributed by atoms with Crippen LogP contribution in [0.2, 0.25) is 0 Å². The van der Waals surface area contributed by atoms with E-state index in [0.717, 1.165) is 23.9 Å². The predicted octanol–water partition coefficient (Wildman–Crippen LogP) is 1.00. The van der Waals surface area contributed by atoms with Crippen molar-refractivity contribution in [3.8, 4) is 0 Å². The van der Waals surface area contributed by atoms with Gasteiger partial charge in [0.05, 0.1) is 23.2 Å². The van der Waals surface area contributed by atoms with E-state index in [1.54, 1.807) is 0 Å². The number of sulfone groups is 1. The van der Waals surface area contributed by atoms with Gasteiger partial charge in [-0.1, -0.05) is 6.07 Å². The molecule has 1 atom stereocenters. The molecule has 0 aromatic carbocycles. The molecule has 5 nitrogen and oxygen atoms in total. The topological polar surface area (TPSA) is 63.5 Å². The molecule has 3 rings (SSSR count). The average molecular weight is 279 g/mol. The molecule has 0 radical (unpaired) electrons. The molecule has 2 aromatic heterocycles. The van der Waals surface area contributed by atoms with E-state index in [9.17, 15) is 8.42 Å². The highest BCUT2D eigenvalue weighted by Gasteiger charge is 2.24. The van der Waals surface area contributed by atoms with Gasteiger partial charge >= 0.3 is 0 Å². The average Bonchev–Trinajstić information content (AvgIpc) is 2.78. The second-order valence-corrected chi connectivity index (χ2v) is 7.26. The van der Waals surface area contributed by atoms with E-state index in [-0.39, 0.29) is 11.8 Å². The zero-order valence-corrected chi connectivity index (χ0v) is 11.4. The summed E-state index contributed by atoms with van der Waals surface area (Å²) in [5.74, 6) is 0.591. The third-order valence-electron chi connectivity index (χ3n) is 3.55. The van der Waals surface area contributed by atoms with Crippen molar-refractivity contribution in [3.05, 3.63) is 36.2 Å². The van der Waals surface area contributed by atoms with Crippen molar-refractivity contribution in [2.45, 2.75) is 25.4 Å². The number of hydrogen-bond acceptors (Lipinski definition) is 4. The molecular weight excluding hydrogens is 262 g/mol. The first-order valence-corrected chi connectivity index (χ1v) is 8.31. The minimum absolute atomic E-state index is 0.0670. The Labute approximate surface area is 112 Å². The number of fused-ring (bicyclic) bond motifs is 1. The van der Waals surface area contributed by atoms with E-state index in [2.05, 4.69) is 10.4 Å². The summed E-state index contributed by atoms with van der Waals surface area (Å²) < 4.78 is 25.0. The van der Waals surface area contributed by atoms with Gasteiger partial charge in [0.25, 0.3) is 0 Å². The number of hydrogen-bond donors (Lipinski definition) is 1. The maximum atomic E-state index is 11.6. The van der Waals surface area contributed by atoms with Gasteiger partial charge < -0.3 is 5.32 Å². The fourth-order valence-corrected chi connectivity index (χ4v) is 4.23. The molecule has 1 aliphatic heterocycles. The summed E-state index contributed by atoms with van der Waals surface area (Å²) in [5.41, 5.74) is 2.16. The van der Waals surface area contributed by atoms with E-state index < -0.39 is 9.84 Å². The third kappa shape index (κ3) is 2.79. The molecule has 0 aliphatic carbocycles. The van der Waals surface area contributed by atoms with Gasteiger partial charge in [0.15, 0.2) is 9.84 Å². The molecular formula is C13H17N3O2S. The fourth-order valence-electron chi connectivity index (χ4n) is 2.56. The van der Waals surface area contributed by atoms with Crippen molar-refractivity contribution in [1.29, 1.82) is 0 Å². The summed E-state index contributed by atoms with van der Waals surface area (Å²) in [6.07, 6.45) is 5.43. The van der Waals surface area contributed by atoms with E-state index in [1.165, 1.54) is 0 Å². The quantitative estimate of drug-likeness (QED) is 0.910. The van der Waals surface area contributed by atoms with Crippen LogP contribution in [0.1, 0.15) is 18.4 Å². The highest BCUT2D eigenvalue weighted by Crippen LogP contribution is 2.14. The summed E-state index contributed by atoms with van der Waals surface area (Å²) in [4.78, 5) is 0. The molecule has 0 spiro atoms. The van der Waals surface area contributed by atoms with Crippen molar-refractivity contribution >= 4 is 15.4 Å². The SMILES string of the molecule is O=S1(=O)CCCC(NCc2cnn3ccccc23)C1. The number of aromatic nitrogens is 2. The lowest BCUT2D eigenvalue weighted by atomic mass is 10.1. The van der Waals surface area contributed by atoms with Crippen molar-refractivity contribution < 1.29 is 8.42 Å². The molecule has 19 heavy (non-hydrogen) atoms. The minimum atomic E-state index is -2.85. The molecule has 2 aromatic rings. The number of rotatable bonds is 3. The highest BCUT2D eigenvalue weighted by atomic mass is 32.2. The van der Waals surface area contributed by atoms with Gasteiger partial charge in [0.2, 0.25) is 0 Å². The molecule has 1 fully saturated rings. The van der Waals surface area contributed by atoms with Crippen molar-refractivity contribution in [2.75, 3.05) is 11.5 Å². The second-order valence-electron chi connectivity index (χ2n) is 5.03. The first-order valence-electron chi connectivity index (χ1n) is 6.49. The van der Waals surface area contributed by atoms with E-state index >= 15 is 0 Å². The number of nitrogens with zero attached hydrogens (tertiary/aromatic N) is 2. The Morgan fingerprint density at radius 1 is 1.42 bits per heavy atom. The summed E-state index contributed by atoms with van der Waals surface area (Å²) in [6, 6.07) is 6.00. The van der Waals surface area contributed by atoms with E-state index in [1.807, 2.05) is 35.1 Å². The number of nitrogens with one attached hydrogen (secondary N) is 1. The highest BCUT2D eigenvalue weighted by molar-refractivity contribution is 7.91. The Hall–Kier alpha value is -1.40. The molecule has 1 saturated heterocycles. The monoisotopic (exact) mass is 279 g/mol. The number of pyridine rings is 1.